The van der Waals surface area contributed by atoms with Gasteiger partial charge in [-0.3, -0.25) is 0 Å². The van der Waals surface area contributed by atoms with Gasteiger partial charge in [-0.1, -0.05) is 30.7 Å². The van der Waals surface area contributed by atoms with Crippen molar-refractivity contribution in [3.63, 3.8) is 0 Å². The largest absolute Gasteiger partial charge is 0.380 e. The summed E-state index contributed by atoms with van der Waals surface area (Å²) in [5, 5.41) is 9.46. The summed E-state index contributed by atoms with van der Waals surface area (Å²) in [5.41, 5.74) is -0.165. The van der Waals surface area contributed by atoms with Crippen LogP contribution in [0.3, 0.4) is 0 Å². The van der Waals surface area contributed by atoms with E-state index in [1.165, 1.54) is 0 Å². The van der Waals surface area contributed by atoms with E-state index in [1.807, 2.05) is 6.92 Å². The number of ether oxygens (including phenoxy) is 1. The SMILES string of the molecule is CCOC[C@]1(C#N)[C@H](c2ccc(Cl)cc2)[C@@H]1S(=O)(=O)CC. The maximum absolute atomic E-state index is 12.3. The first kappa shape index (κ1) is 16.3. The molecule has 0 N–H and O–H groups in total. The van der Waals surface area contributed by atoms with Crippen LogP contribution in [-0.2, 0) is 14.6 Å². The molecule has 0 aromatic heterocycles. The van der Waals surface area contributed by atoms with E-state index in [2.05, 4.69) is 6.07 Å². The number of halogens is 1. The van der Waals surface area contributed by atoms with Gasteiger partial charge in [0.2, 0.25) is 0 Å². The minimum atomic E-state index is -3.32. The van der Waals surface area contributed by atoms with Crippen LogP contribution < -0.4 is 0 Å². The fourth-order valence-corrected chi connectivity index (χ4v) is 4.99. The molecule has 4 nitrogen and oxygen atoms in total. The Hall–Kier alpha value is -1.09. The lowest BCUT2D eigenvalue weighted by atomic mass is 10.0. The lowest BCUT2D eigenvalue weighted by Gasteiger charge is -2.09. The van der Waals surface area contributed by atoms with Crippen molar-refractivity contribution in [3.05, 3.63) is 34.9 Å². The van der Waals surface area contributed by atoms with Crippen LogP contribution in [0.1, 0.15) is 25.3 Å². The highest BCUT2D eigenvalue weighted by molar-refractivity contribution is 7.92. The Bertz CT molecular complexity index is 650. The molecule has 0 saturated heterocycles. The fourth-order valence-electron chi connectivity index (χ4n) is 2.86. The van der Waals surface area contributed by atoms with E-state index < -0.39 is 20.5 Å². The minimum Gasteiger partial charge on any atom is -0.380 e. The molecular weight excluding hydrogens is 310 g/mol. The van der Waals surface area contributed by atoms with Crippen LogP contribution >= 0.6 is 11.6 Å². The van der Waals surface area contributed by atoms with Gasteiger partial charge in [-0.25, -0.2) is 8.42 Å². The zero-order valence-electron chi connectivity index (χ0n) is 12.0. The number of rotatable bonds is 6. The number of nitrogens with zero attached hydrogens (tertiary/aromatic N) is 1. The van der Waals surface area contributed by atoms with E-state index >= 15 is 0 Å². The van der Waals surface area contributed by atoms with E-state index in [0.717, 1.165) is 5.56 Å². The van der Waals surface area contributed by atoms with Crippen molar-refractivity contribution in [2.75, 3.05) is 19.0 Å². The zero-order chi connectivity index (χ0) is 15.7. The van der Waals surface area contributed by atoms with Crippen molar-refractivity contribution in [1.82, 2.24) is 0 Å². The first-order valence-electron chi connectivity index (χ1n) is 6.89. The van der Waals surface area contributed by atoms with Crippen molar-refractivity contribution in [3.8, 4) is 6.07 Å². The normalized spacial score (nSPS) is 28.1. The summed E-state index contributed by atoms with van der Waals surface area (Å²) in [6, 6.07) is 9.21. The van der Waals surface area contributed by atoms with Crippen molar-refractivity contribution >= 4 is 21.4 Å². The van der Waals surface area contributed by atoms with Crippen LogP contribution in [0.25, 0.3) is 0 Å². The molecule has 2 rings (SSSR count). The molecule has 3 atom stereocenters. The van der Waals surface area contributed by atoms with Crippen LogP contribution in [0.2, 0.25) is 5.02 Å². The third-order valence-corrected chi connectivity index (χ3v) is 6.55. The van der Waals surface area contributed by atoms with Crippen molar-refractivity contribution in [2.24, 2.45) is 5.41 Å². The van der Waals surface area contributed by atoms with Crippen LogP contribution in [0, 0.1) is 16.7 Å². The lowest BCUT2D eigenvalue weighted by molar-refractivity contribution is 0.117. The van der Waals surface area contributed by atoms with Crippen LogP contribution in [0.15, 0.2) is 24.3 Å². The minimum absolute atomic E-state index is 0.0251. The average Bonchev–Trinajstić information content (AvgIpc) is 3.16. The number of benzene rings is 1. The molecule has 0 heterocycles. The van der Waals surface area contributed by atoms with E-state index in [1.54, 1.807) is 31.2 Å². The second-order valence-electron chi connectivity index (χ2n) is 5.19. The number of nitriles is 1. The summed E-state index contributed by atoms with van der Waals surface area (Å²) in [6.07, 6.45) is 0. The van der Waals surface area contributed by atoms with E-state index in [9.17, 15) is 13.7 Å². The fraction of sp³-hybridized carbons (Fsp3) is 0.533. The molecule has 6 heteroatoms. The molecule has 114 valence electrons. The highest BCUT2D eigenvalue weighted by Crippen LogP contribution is 2.63. The highest BCUT2D eigenvalue weighted by Gasteiger charge is 2.71. The third-order valence-electron chi connectivity index (χ3n) is 4.03. The maximum atomic E-state index is 12.3. The summed E-state index contributed by atoms with van der Waals surface area (Å²) in [5.74, 6) is -0.326. The Kier molecular flexibility index (Phi) is 4.62. The predicted molar refractivity (Wildman–Crippen MR) is 82.0 cm³/mol. The van der Waals surface area contributed by atoms with Crippen molar-refractivity contribution in [2.45, 2.75) is 25.0 Å². The first-order chi connectivity index (χ1) is 9.93. The van der Waals surface area contributed by atoms with Gasteiger partial charge in [-0.05, 0) is 24.6 Å². The molecular formula is C15H18ClNO3S. The highest BCUT2D eigenvalue weighted by atomic mass is 35.5. The third kappa shape index (κ3) is 2.80. The molecule has 0 bridgehead atoms. The Labute approximate surface area is 130 Å². The quantitative estimate of drug-likeness (QED) is 0.805. The second-order valence-corrected chi connectivity index (χ2v) is 8.04. The summed E-state index contributed by atoms with van der Waals surface area (Å²) >= 11 is 5.87. The number of hydrogen-bond donors (Lipinski definition) is 0. The number of sulfone groups is 1. The van der Waals surface area contributed by atoms with Gasteiger partial charge in [0.15, 0.2) is 9.84 Å². The van der Waals surface area contributed by atoms with E-state index in [-0.39, 0.29) is 18.3 Å². The standard InChI is InChI=1S/C15H18ClNO3S/c1-3-20-10-15(9-17)13(14(15)21(18,19)4-2)11-5-7-12(16)8-6-11/h5-8,13-14H,3-4,10H2,1-2H3/t13-,14+,15-/m1/s1. The summed E-state index contributed by atoms with van der Waals surface area (Å²) in [7, 11) is -3.32. The lowest BCUT2D eigenvalue weighted by Crippen LogP contribution is -2.20. The average molecular weight is 328 g/mol. The van der Waals surface area contributed by atoms with Gasteiger partial charge in [0.25, 0.3) is 0 Å². The topological polar surface area (TPSA) is 67.2 Å². The molecule has 1 fully saturated rings. The van der Waals surface area contributed by atoms with Gasteiger partial charge in [-0.15, -0.1) is 0 Å². The summed E-state index contributed by atoms with van der Waals surface area (Å²) in [6.45, 7) is 4.02. The van der Waals surface area contributed by atoms with Crippen LogP contribution in [-0.4, -0.2) is 32.6 Å². The first-order valence-corrected chi connectivity index (χ1v) is 8.98. The van der Waals surface area contributed by atoms with E-state index in [0.29, 0.717) is 11.6 Å². The van der Waals surface area contributed by atoms with Gasteiger partial charge in [0.05, 0.1) is 17.9 Å². The molecule has 0 radical (unpaired) electrons. The van der Waals surface area contributed by atoms with Gasteiger partial charge in [0, 0.05) is 23.3 Å². The van der Waals surface area contributed by atoms with Gasteiger partial charge >= 0.3 is 0 Å². The number of hydrogen-bond acceptors (Lipinski definition) is 4. The Morgan fingerprint density at radius 2 is 1.95 bits per heavy atom. The van der Waals surface area contributed by atoms with Crippen LogP contribution in [0.4, 0.5) is 0 Å². The molecule has 1 aliphatic rings. The summed E-state index contributed by atoms with van der Waals surface area (Å²) in [4.78, 5) is 0. The van der Waals surface area contributed by atoms with E-state index in [4.69, 9.17) is 16.3 Å². The molecule has 1 aliphatic carbocycles. The van der Waals surface area contributed by atoms with Gasteiger partial charge < -0.3 is 4.74 Å². The molecule has 0 unspecified atom stereocenters. The molecule has 1 saturated carbocycles. The Balaban J connectivity index is 2.42. The van der Waals surface area contributed by atoms with Crippen LogP contribution in [0.5, 0.6) is 0 Å². The molecule has 1 aromatic rings. The molecule has 0 aliphatic heterocycles. The Morgan fingerprint density at radius 3 is 2.43 bits per heavy atom. The second kappa shape index (κ2) is 5.96. The summed E-state index contributed by atoms with van der Waals surface area (Å²) < 4.78 is 30.0. The molecule has 0 spiro atoms. The van der Waals surface area contributed by atoms with Crippen molar-refractivity contribution in [1.29, 1.82) is 5.26 Å². The van der Waals surface area contributed by atoms with Gasteiger partial charge in [0.1, 0.15) is 5.41 Å². The smallest absolute Gasteiger partial charge is 0.155 e. The monoisotopic (exact) mass is 327 g/mol. The van der Waals surface area contributed by atoms with Crippen molar-refractivity contribution < 1.29 is 13.2 Å². The Morgan fingerprint density at radius 1 is 1.33 bits per heavy atom. The molecule has 1 aromatic carbocycles. The maximum Gasteiger partial charge on any atom is 0.155 e. The molecule has 0 amide bonds. The predicted octanol–water partition coefficient (Wildman–Crippen LogP) is 2.79. The van der Waals surface area contributed by atoms with Gasteiger partial charge in [-0.2, -0.15) is 5.26 Å². The zero-order valence-corrected chi connectivity index (χ0v) is 13.6. The molecule has 21 heavy (non-hydrogen) atoms.